The number of thiazole rings is 1. The smallest absolute Gasteiger partial charge is 0.115 e. The zero-order valence-corrected chi connectivity index (χ0v) is 13.0. The normalized spacial score (nSPS) is 12.2. The average molecular weight is 312 g/mol. The van der Waals surface area contributed by atoms with Gasteiger partial charge in [-0.1, -0.05) is 23.8 Å². The first kappa shape index (κ1) is 14.2. The minimum atomic E-state index is 0.0907. The Morgan fingerprint density at radius 1 is 1.53 bits per heavy atom. The number of anilines is 1. The van der Waals surface area contributed by atoms with Crippen LogP contribution in [0.15, 0.2) is 23.6 Å². The van der Waals surface area contributed by atoms with E-state index in [0.29, 0.717) is 10.0 Å². The lowest BCUT2D eigenvalue weighted by Gasteiger charge is -2.16. The molecule has 0 saturated carbocycles. The summed E-state index contributed by atoms with van der Waals surface area (Å²) in [5, 5.41) is 7.05. The summed E-state index contributed by atoms with van der Waals surface area (Å²) >= 11 is 12.6. The highest BCUT2D eigenvalue weighted by atomic mass is 35.5. The molecule has 0 aliphatic heterocycles. The molecule has 2 aromatic rings. The Hall–Kier alpha value is -1.17. The molecular formula is C13H14ClN3S2. The number of nitrogens with one attached hydrogen (secondary N) is 1. The molecule has 1 aromatic carbocycles. The quantitative estimate of drug-likeness (QED) is 0.841. The van der Waals surface area contributed by atoms with Crippen LogP contribution in [0.2, 0.25) is 5.02 Å². The van der Waals surface area contributed by atoms with E-state index in [9.17, 15) is 0 Å². The molecule has 3 nitrogen and oxygen atoms in total. The zero-order chi connectivity index (χ0) is 14.0. The first-order valence-corrected chi connectivity index (χ1v) is 7.42. The second kappa shape index (κ2) is 5.86. The van der Waals surface area contributed by atoms with Gasteiger partial charge in [-0.05, 0) is 32.0 Å². The Bertz CT molecular complexity index is 610. The summed E-state index contributed by atoms with van der Waals surface area (Å²) in [6.45, 7) is 4.03. The summed E-state index contributed by atoms with van der Waals surface area (Å²) in [6, 6.07) is 5.55. The molecule has 1 heterocycles. The number of aryl methyl sites for hydroxylation is 1. The van der Waals surface area contributed by atoms with Gasteiger partial charge in [-0.25, -0.2) is 4.98 Å². The largest absolute Gasteiger partial charge is 0.389 e. The lowest BCUT2D eigenvalue weighted by molar-refractivity contribution is 0.863. The summed E-state index contributed by atoms with van der Waals surface area (Å²) in [4.78, 5) is 4.79. The van der Waals surface area contributed by atoms with E-state index < -0.39 is 0 Å². The average Bonchev–Trinajstić information content (AvgIpc) is 2.78. The number of thiocarbonyl (C=S) groups is 1. The van der Waals surface area contributed by atoms with Crippen molar-refractivity contribution in [1.82, 2.24) is 4.98 Å². The van der Waals surface area contributed by atoms with Gasteiger partial charge in [0.15, 0.2) is 0 Å². The molecule has 6 heteroatoms. The predicted octanol–water partition coefficient (Wildman–Crippen LogP) is 3.91. The molecule has 2 rings (SSSR count). The number of aromatic nitrogens is 1. The minimum Gasteiger partial charge on any atom is -0.389 e. The summed E-state index contributed by atoms with van der Waals surface area (Å²) in [5.41, 5.74) is 8.37. The first-order valence-electron chi connectivity index (χ1n) is 5.75. The van der Waals surface area contributed by atoms with Crippen LogP contribution in [0.3, 0.4) is 0 Å². The summed E-state index contributed by atoms with van der Waals surface area (Å²) in [6.07, 6.45) is 0. The maximum atomic E-state index is 5.96. The van der Waals surface area contributed by atoms with Crippen LogP contribution in [0, 0.1) is 6.92 Å². The predicted molar refractivity (Wildman–Crippen MR) is 86.2 cm³/mol. The Kier molecular flexibility index (Phi) is 4.39. The fourth-order valence-corrected chi connectivity index (χ4v) is 2.86. The standard InChI is InChI=1S/C13H14ClN3S2/c1-7-6-19-13(16-7)8(2)17-11-4-3-9(14)5-10(11)12(15)18/h3-6,8,17H,1-2H3,(H2,15,18). The molecule has 0 aliphatic rings. The molecule has 1 aromatic heterocycles. The Morgan fingerprint density at radius 2 is 2.26 bits per heavy atom. The molecule has 0 radical (unpaired) electrons. The highest BCUT2D eigenvalue weighted by Crippen LogP contribution is 2.26. The molecule has 0 saturated heterocycles. The van der Waals surface area contributed by atoms with Gasteiger partial charge < -0.3 is 11.1 Å². The van der Waals surface area contributed by atoms with Crippen LogP contribution in [-0.4, -0.2) is 9.97 Å². The van der Waals surface area contributed by atoms with Crippen LogP contribution in [-0.2, 0) is 0 Å². The van der Waals surface area contributed by atoms with E-state index in [1.165, 1.54) is 0 Å². The lowest BCUT2D eigenvalue weighted by atomic mass is 10.1. The minimum absolute atomic E-state index is 0.0907. The zero-order valence-electron chi connectivity index (χ0n) is 10.6. The number of halogens is 1. The van der Waals surface area contributed by atoms with E-state index in [0.717, 1.165) is 22.0 Å². The summed E-state index contributed by atoms with van der Waals surface area (Å²) in [5.74, 6) is 0. The summed E-state index contributed by atoms with van der Waals surface area (Å²) in [7, 11) is 0. The number of rotatable bonds is 4. The maximum Gasteiger partial charge on any atom is 0.115 e. The number of nitrogens with zero attached hydrogens (tertiary/aromatic N) is 1. The maximum absolute atomic E-state index is 5.96. The van der Waals surface area contributed by atoms with Gasteiger partial charge in [-0.15, -0.1) is 11.3 Å². The van der Waals surface area contributed by atoms with E-state index in [2.05, 4.69) is 17.2 Å². The fraction of sp³-hybridized carbons (Fsp3) is 0.231. The van der Waals surface area contributed by atoms with Gasteiger partial charge in [0.2, 0.25) is 0 Å². The van der Waals surface area contributed by atoms with Crippen molar-refractivity contribution in [1.29, 1.82) is 0 Å². The van der Waals surface area contributed by atoms with E-state index in [-0.39, 0.29) is 6.04 Å². The number of benzene rings is 1. The van der Waals surface area contributed by atoms with Gasteiger partial charge in [-0.2, -0.15) is 0 Å². The first-order chi connectivity index (χ1) is 8.97. The monoisotopic (exact) mass is 311 g/mol. The fourth-order valence-electron chi connectivity index (χ4n) is 1.71. The van der Waals surface area contributed by atoms with Crippen molar-refractivity contribution in [2.45, 2.75) is 19.9 Å². The van der Waals surface area contributed by atoms with Gasteiger partial charge in [0.25, 0.3) is 0 Å². The number of hydrogen-bond acceptors (Lipinski definition) is 4. The van der Waals surface area contributed by atoms with E-state index in [4.69, 9.17) is 29.6 Å². The second-order valence-electron chi connectivity index (χ2n) is 4.25. The van der Waals surface area contributed by atoms with Gasteiger partial charge in [-0.3, -0.25) is 0 Å². The molecule has 0 amide bonds. The highest BCUT2D eigenvalue weighted by Gasteiger charge is 2.12. The molecular weight excluding hydrogens is 298 g/mol. The van der Waals surface area contributed by atoms with Crippen LogP contribution in [0.1, 0.15) is 29.2 Å². The van der Waals surface area contributed by atoms with Crippen LogP contribution in [0.5, 0.6) is 0 Å². The molecule has 3 N–H and O–H groups in total. The molecule has 19 heavy (non-hydrogen) atoms. The van der Waals surface area contributed by atoms with Crippen molar-refractivity contribution in [2.75, 3.05) is 5.32 Å². The molecule has 1 unspecified atom stereocenters. The molecule has 0 spiro atoms. The Labute approximate surface area is 126 Å². The molecule has 1 atom stereocenters. The Balaban J connectivity index is 2.26. The summed E-state index contributed by atoms with van der Waals surface area (Å²) < 4.78 is 0. The van der Waals surface area contributed by atoms with E-state index in [1.54, 1.807) is 17.4 Å². The van der Waals surface area contributed by atoms with Crippen molar-refractivity contribution >= 4 is 45.8 Å². The SMILES string of the molecule is Cc1csc(C(C)Nc2ccc(Cl)cc2C(N)=S)n1. The van der Waals surface area contributed by atoms with Crippen molar-refractivity contribution in [3.63, 3.8) is 0 Å². The van der Waals surface area contributed by atoms with Crippen LogP contribution >= 0.6 is 35.2 Å². The third kappa shape index (κ3) is 3.43. The van der Waals surface area contributed by atoms with E-state index >= 15 is 0 Å². The number of nitrogens with two attached hydrogens (primary N) is 1. The van der Waals surface area contributed by atoms with E-state index in [1.807, 2.05) is 24.4 Å². The van der Waals surface area contributed by atoms with Crippen LogP contribution in [0.4, 0.5) is 5.69 Å². The molecule has 0 bridgehead atoms. The molecule has 0 fully saturated rings. The highest BCUT2D eigenvalue weighted by molar-refractivity contribution is 7.80. The van der Waals surface area contributed by atoms with Gasteiger partial charge in [0.1, 0.15) is 10.00 Å². The molecule has 0 aliphatic carbocycles. The number of hydrogen-bond donors (Lipinski definition) is 2. The molecule has 100 valence electrons. The Morgan fingerprint density at radius 3 is 2.84 bits per heavy atom. The van der Waals surface area contributed by atoms with Crippen molar-refractivity contribution < 1.29 is 0 Å². The van der Waals surface area contributed by atoms with Gasteiger partial charge in [0.05, 0.1) is 6.04 Å². The van der Waals surface area contributed by atoms with Crippen LogP contribution < -0.4 is 11.1 Å². The van der Waals surface area contributed by atoms with Crippen molar-refractivity contribution in [3.05, 3.63) is 44.9 Å². The van der Waals surface area contributed by atoms with Gasteiger partial charge in [0, 0.05) is 27.3 Å². The van der Waals surface area contributed by atoms with Crippen LogP contribution in [0.25, 0.3) is 0 Å². The lowest BCUT2D eigenvalue weighted by Crippen LogP contribution is -2.15. The van der Waals surface area contributed by atoms with Crippen molar-refractivity contribution in [2.24, 2.45) is 5.73 Å². The third-order valence-electron chi connectivity index (χ3n) is 2.63. The second-order valence-corrected chi connectivity index (χ2v) is 6.01. The van der Waals surface area contributed by atoms with Crippen molar-refractivity contribution in [3.8, 4) is 0 Å². The third-order valence-corrected chi connectivity index (χ3v) is 4.23. The topological polar surface area (TPSA) is 50.9 Å². The van der Waals surface area contributed by atoms with Gasteiger partial charge >= 0.3 is 0 Å².